The van der Waals surface area contributed by atoms with Crippen LogP contribution in [0.3, 0.4) is 0 Å². The molecule has 0 saturated heterocycles. The maximum absolute atomic E-state index is 11.7. The fraction of sp³-hybridized carbons (Fsp3) is 0.533. The van der Waals surface area contributed by atoms with Crippen LogP contribution in [0.1, 0.15) is 26.7 Å². The SMILES string of the molecule is CC(C)(CCCl)CNC(=O)CCOc1ccccc1. The summed E-state index contributed by atoms with van der Waals surface area (Å²) in [7, 11) is 0. The second-order valence-electron chi connectivity index (χ2n) is 5.29. The van der Waals surface area contributed by atoms with Gasteiger partial charge in [0.2, 0.25) is 5.91 Å². The van der Waals surface area contributed by atoms with Crippen molar-refractivity contribution < 1.29 is 9.53 Å². The Labute approximate surface area is 120 Å². The number of para-hydroxylation sites is 1. The van der Waals surface area contributed by atoms with Gasteiger partial charge in [-0.25, -0.2) is 0 Å². The highest BCUT2D eigenvalue weighted by molar-refractivity contribution is 6.17. The highest BCUT2D eigenvalue weighted by Gasteiger charge is 2.17. The average Bonchev–Trinajstić information content (AvgIpc) is 2.38. The second-order valence-corrected chi connectivity index (χ2v) is 5.67. The van der Waals surface area contributed by atoms with Gasteiger partial charge in [0, 0.05) is 12.4 Å². The van der Waals surface area contributed by atoms with Crippen LogP contribution in [0, 0.1) is 5.41 Å². The van der Waals surface area contributed by atoms with Gasteiger partial charge in [-0.2, -0.15) is 0 Å². The Morgan fingerprint density at radius 1 is 1.32 bits per heavy atom. The number of ether oxygens (including phenoxy) is 1. The summed E-state index contributed by atoms with van der Waals surface area (Å²) in [5.74, 6) is 1.41. The van der Waals surface area contributed by atoms with Gasteiger partial charge in [-0.3, -0.25) is 4.79 Å². The minimum Gasteiger partial charge on any atom is -0.493 e. The summed E-state index contributed by atoms with van der Waals surface area (Å²) in [6.07, 6.45) is 1.25. The van der Waals surface area contributed by atoms with E-state index in [4.69, 9.17) is 16.3 Å². The topological polar surface area (TPSA) is 38.3 Å². The quantitative estimate of drug-likeness (QED) is 0.744. The molecule has 0 aliphatic carbocycles. The Hall–Kier alpha value is -1.22. The van der Waals surface area contributed by atoms with Gasteiger partial charge in [0.05, 0.1) is 13.0 Å². The van der Waals surface area contributed by atoms with Gasteiger partial charge in [-0.1, -0.05) is 32.0 Å². The molecule has 0 saturated carbocycles. The van der Waals surface area contributed by atoms with Gasteiger partial charge >= 0.3 is 0 Å². The number of rotatable bonds is 8. The Balaban J connectivity index is 2.18. The van der Waals surface area contributed by atoms with Crippen LogP contribution in [0.5, 0.6) is 5.75 Å². The molecule has 0 aliphatic heterocycles. The minimum atomic E-state index is 0.0126. The second kappa shape index (κ2) is 8.05. The highest BCUT2D eigenvalue weighted by atomic mass is 35.5. The molecule has 0 radical (unpaired) electrons. The van der Waals surface area contributed by atoms with E-state index in [2.05, 4.69) is 19.2 Å². The standard InChI is InChI=1S/C15H22ClNO2/c1-15(2,9-10-16)12-17-14(18)8-11-19-13-6-4-3-5-7-13/h3-7H,8-12H2,1-2H3,(H,17,18). The van der Waals surface area contributed by atoms with E-state index in [-0.39, 0.29) is 11.3 Å². The predicted molar refractivity (Wildman–Crippen MR) is 78.7 cm³/mol. The lowest BCUT2D eigenvalue weighted by Gasteiger charge is -2.23. The number of benzene rings is 1. The van der Waals surface area contributed by atoms with Crippen molar-refractivity contribution >= 4 is 17.5 Å². The molecule has 0 fully saturated rings. The van der Waals surface area contributed by atoms with E-state index in [1.807, 2.05) is 30.3 Å². The first-order chi connectivity index (χ1) is 9.03. The highest BCUT2D eigenvalue weighted by Crippen LogP contribution is 2.19. The number of nitrogens with one attached hydrogen (secondary N) is 1. The fourth-order valence-electron chi connectivity index (χ4n) is 1.55. The zero-order chi connectivity index (χ0) is 14.1. The van der Waals surface area contributed by atoms with Crippen LogP contribution >= 0.6 is 11.6 Å². The largest absolute Gasteiger partial charge is 0.493 e. The van der Waals surface area contributed by atoms with E-state index < -0.39 is 0 Å². The Bertz CT molecular complexity index is 379. The van der Waals surface area contributed by atoms with Crippen LogP contribution in [-0.4, -0.2) is 24.9 Å². The maximum atomic E-state index is 11.7. The molecule has 1 N–H and O–H groups in total. The lowest BCUT2D eigenvalue weighted by atomic mass is 9.90. The Kier molecular flexibility index (Phi) is 6.71. The van der Waals surface area contributed by atoms with Gasteiger partial charge in [0.15, 0.2) is 0 Å². The molecule has 106 valence electrons. The molecule has 1 rings (SSSR count). The number of carbonyl (C=O) groups excluding carboxylic acids is 1. The first kappa shape index (κ1) is 15.8. The molecule has 4 heteroatoms. The summed E-state index contributed by atoms with van der Waals surface area (Å²) in [4.78, 5) is 11.7. The van der Waals surface area contributed by atoms with E-state index in [0.717, 1.165) is 12.2 Å². The van der Waals surface area contributed by atoms with Crippen LogP contribution in [-0.2, 0) is 4.79 Å². The van der Waals surface area contributed by atoms with Crippen LogP contribution in [0.4, 0.5) is 0 Å². The van der Waals surface area contributed by atoms with E-state index >= 15 is 0 Å². The van der Waals surface area contributed by atoms with Gasteiger partial charge in [-0.15, -0.1) is 11.6 Å². The molecule has 0 atom stereocenters. The number of alkyl halides is 1. The van der Waals surface area contributed by atoms with Crippen molar-refractivity contribution in [1.29, 1.82) is 0 Å². The number of amides is 1. The van der Waals surface area contributed by atoms with Crippen molar-refractivity contribution in [2.75, 3.05) is 19.0 Å². The molecule has 1 amide bonds. The van der Waals surface area contributed by atoms with E-state index in [0.29, 0.717) is 25.5 Å². The molecule has 19 heavy (non-hydrogen) atoms. The number of hydrogen-bond donors (Lipinski definition) is 1. The summed E-state index contributed by atoms with van der Waals surface area (Å²) in [5, 5.41) is 2.92. The molecule has 0 heterocycles. The zero-order valence-corrected chi connectivity index (χ0v) is 12.4. The summed E-state index contributed by atoms with van der Waals surface area (Å²) >= 11 is 5.72. The normalized spacial score (nSPS) is 11.1. The fourth-order valence-corrected chi connectivity index (χ4v) is 2.06. The molecule has 3 nitrogen and oxygen atoms in total. The molecular weight excluding hydrogens is 262 g/mol. The lowest BCUT2D eigenvalue weighted by Crippen LogP contribution is -2.34. The molecular formula is C15H22ClNO2. The number of halogens is 1. The van der Waals surface area contributed by atoms with Gasteiger partial charge in [0.25, 0.3) is 0 Å². The Morgan fingerprint density at radius 3 is 2.63 bits per heavy atom. The molecule has 1 aromatic rings. The van der Waals surface area contributed by atoms with Crippen molar-refractivity contribution in [2.45, 2.75) is 26.7 Å². The van der Waals surface area contributed by atoms with Gasteiger partial charge in [0.1, 0.15) is 5.75 Å². The van der Waals surface area contributed by atoms with Gasteiger partial charge < -0.3 is 10.1 Å². The van der Waals surface area contributed by atoms with E-state index in [1.165, 1.54) is 0 Å². The smallest absolute Gasteiger partial charge is 0.223 e. The summed E-state index contributed by atoms with van der Waals surface area (Å²) in [5.41, 5.74) is 0.0394. The predicted octanol–water partition coefficient (Wildman–Crippen LogP) is 3.23. The average molecular weight is 284 g/mol. The van der Waals surface area contributed by atoms with Crippen molar-refractivity contribution in [3.05, 3.63) is 30.3 Å². The first-order valence-electron chi connectivity index (χ1n) is 6.54. The van der Waals surface area contributed by atoms with Crippen LogP contribution in [0.15, 0.2) is 30.3 Å². The van der Waals surface area contributed by atoms with E-state index in [1.54, 1.807) is 0 Å². The third-order valence-corrected chi connectivity index (χ3v) is 3.07. The third-order valence-electron chi connectivity index (χ3n) is 2.88. The van der Waals surface area contributed by atoms with Crippen molar-refractivity contribution in [3.63, 3.8) is 0 Å². The number of carbonyl (C=O) groups is 1. The molecule has 0 aliphatic rings. The van der Waals surface area contributed by atoms with Crippen molar-refractivity contribution in [1.82, 2.24) is 5.32 Å². The van der Waals surface area contributed by atoms with Crippen molar-refractivity contribution in [3.8, 4) is 5.75 Å². The maximum Gasteiger partial charge on any atom is 0.223 e. The monoisotopic (exact) mass is 283 g/mol. The summed E-state index contributed by atoms with van der Waals surface area (Å²) in [6, 6.07) is 9.50. The van der Waals surface area contributed by atoms with Crippen LogP contribution in [0.25, 0.3) is 0 Å². The molecule has 1 aromatic carbocycles. The van der Waals surface area contributed by atoms with Crippen LogP contribution in [0.2, 0.25) is 0 Å². The molecule has 0 unspecified atom stereocenters. The third kappa shape index (κ3) is 7.06. The first-order valence-corrected chi connectivity index (χ1v) is 7.07. The summed E-state index contributed by atoms with van der Waals surface area (Å²) in [6.45, 7) is 5.22. The van der Waals surface area contributed by atoms with Crippen LogP contribution < -0.4 is 10.1 Å². The zero-order valence-electron chi connectivity index (χ0n) is 11.6. The van der Waals surface area contributed by atoms with Gasteiger partial charge in [-0.05, 0) is 24.0 Å². The lowest BCUT2D eigenvalue weighted by molar-refractivity contribution is -0.122. The minimum absolute atomic E-state index is 0.0126. The summed E-state index contributed by atoms with van der Waals surface area (Å²) < 4.78 is 5.47. The Morgan fingerprint density at radius 2 is 2.00 bits per heavy atom. The molecule has 0 bridgehead atoms. The molecule has 0 aromatic heterocycles. The molecule has 0 spiro atoms. The van der Waals surface area contributed by atoms with E-state index in [9.17, 15) is 4.79 Å². The number of hydrogen-bond acceptors (Lipinski definition) is 2. The van der Waals surface area contributed by atoms with Crippen molar-refractivity contribution in [2.24, 2.45) is 5.41 Å².